The van der Waals surface area contributed by atoms with Gasteiger partial charge in [0.15, 0.2) is 10.2 Å². The van der Waals surface area contributed by atoms with Gasteiger partial charge in [0.1, 0.15) is 6.04 Å². The lowest BCUT2D eigenvalue weighted by Crippen LogP contribution is -2.30. The average molecular weight is 547 g/mol. The third-order valence-corrected chi connectivity index (χ3v) is 8.08. The standard InChI is InChI=1S/C26H22N6O2S3/c1-37(33,34)30-17-11-13-18(14-12-17)32-24(23(29-25(32)35)20-8-4-5-15-27-20)21-9-6-16-31(21)26-28-19-7-2-3-10-22(19)36-26/h2-16,23-24,30H,1H3,(H,29,35)/t23-,24+/m0/s1. The van der Waals surface area contributed by atoms with Crippen molar-refractivity contribution in [2.24, 2.45) is 0 Å². The van der Waals surface area contributed by atoms with Crippen LogP contribution in [0, 0.1) is 0 Å². The molecule has 0 unspecified atom stereocenters. The average Bonchev–Trinajstić information content (AvgIpc) is 3.60. The molecule has 1 aliphatic rings. The largest absolute Gasteiger partial charge is 0.351 e. The number of rotatable bonds is 6. The molecule has 0 saturated carbocycles. The van der Waals surface area contributed by atoms with Crippen molar-refractivity contribution in [1.82, 2.24) is 19.9 Å². The summed E-state index contributed by atoms with van der Waals surface area (Å²) >= 11 is 7.47. The highest BCUT2D eigenvalue weighted by Gasteiger charge is 2.42. The van der Waals surface area contributed by atoms with Crippen molar-refractivity contribution in [2.45, 2.75) is 12.1 Å². The van der Waals surface area contributed by atoms with E-state index >= 15 is 0 Å². The number of thiocarbonyl (C=S) groups is 1. The summed E-state index contributed by atoms with van der Waals surface area (Å²) in [5, 5.41) is 4.89. The fraction of sp³-hybridized carbons (Fsp3) is 0.115. The Morgan fingerprint density at radius 2 is 1.78 bits per heavy atom. The number of para-hydroxylation sites is 1. The zero-order chi connectivity index (χ0) is 25.6. The van der Waals surface area contributed by atoms with Crippen LogP contribution in [0.2, 0.25) is 0 Å². The van der Waals surface area contributed by atoms with Crippen LogP contribution in [-0.2, 0) is 10.0 Å². The molecule has 5 aromatic rings. The maximum absolute atomic E-state index is 11.7. The van der Waals surface area contributed by atoms with E-state index in [1.165, 1.54) is 0 Å². The minimum Gasteiger partial charge on any atom is -0.351 e. The fourth-order valence-electron chi connectivity index (χ4n) is 4.61. The number of fused-ring (bicyclic) bond motifs is 1. The van der Waals surface area contributed by atoms with Crippen molar-refractivity contribution >= 4 is 60.3 Å². The number of aromatic nitrogens is 3. The van der Waals surface area contributed by atoms with Crippen LogP contribution in [0.4, 0.5) is 11.4 Å². The molecule has 0 aliphatic carbocycles. The van der Waals surface area contributed by atoms with Gasteiger partial charge in [0.2, 0.25) is 10.0 Å². The van der Waals surface area contributed by atoms with Gasteiger partial charge in [0, 0.05) is 23.8 Å². The van der Waals surface area contributed by atoms with E-state index in [0.717, 1.165) is 38.7 Å². The Bertz CT molecular complexity index is 1660. The number of anilines is 2. The second kappa shape index (κ2) is 9.25. The zero-order valence-corrected chi connectivity index (χ0v) is 22.1. The molecule has 6 rings (SSSR count). The Kier molecular flexibility index (Phi) is 5.90. The molecule has 186 valence electrons. The van der Waals surface area contributed by atoms with Crippen LogP contribution < -0.4 is 14.9 Å². The number of sulfonamides is 1. The van der Waals surface area contributed by atoms with Crippen molar-refractivity contribution in [2.75, 3.05) is 15.9 Å². The van der Waals surface area contributed by atoms with Crippen molar-refractivity contribution in [3.8, 4) is 5.13 Å². The van der Waals surface area contributed by atoms with E-state index in [1.807, 2.05) is 60.8 Å². The molecular formula is C26H22N6O2S3. The first kappa shape index (κ1) is 23.6. The van der Waals surface area contributed by atoms with Crippen LogP contribution in [-0.4, -0.2) is 34.3 Å². The number of benzene rings is 2. The summed E-state index contributed by atoms with van der Waals surface area (Å²) in [5.41, 5.74) is 4.14. The predicted octanol–water partition coefficient (Wildman–Crippen LogP) is 5.03. The van der Waals surface area contributed by atoms with Gasteiger partial charge in [0.05, 0.1) is 33.9 Å². The molecule has 0 amide bonds. The molecule has 0 bridgehead atoms. The van der Waals surface area contributed by atoms with Crippen LogP contribution in [0.5, 0.6) is 0 Å². The Labute approximate surface area is 223 Å². The van der Waals surface area contributed by atoms with Crippen molar-refractivity contribution in [1.29, 1.82) is 0 Å². The van der Waals surface area contributed by atoms with Crippen LogP contribution in [0.25, 0.3) is 15.3 Å². The first-order valence-corrected chi connectivity index (χ1v) is 14.6. The summed E-state index contributed by atoms with van der Waals surface area (Å²) in [6.45, 7) is 0. The second-order valence-electron chi connectivity index (χ2n) is 8.68. The number of nitrogens with one attached hydrogen (secondary N) is 2. The van der Waals surface area contributed by atoms with Crippen LogP contribution >= 0.6 is 23.6 Å². The maximum atomic E-state index is 11.7. The Morgan fingerprint density at radius 1 is 1.00 bits per heavy atom. The van der Waals surface area contributed by atoms with Crippen LogP contribution in [0.1, 0.15) is 23.5 Å². The molecule has 0 radical (unpaired) electrons. The first-order chi connectivity index (χ1) is 17.9. The fourth-order valence-corrected chi connectivity index (χ4v) is 6.49. The van der Waals surface area contributed by atoms with E-state index < -0.39 is 10.0 Å². The highest BCUT2D eigenvalue weighted by Crippen LogP contribution is 2.43. The second-order valence-corrected chi connectivity index (χ2v) is 11.8. The van der Waals surface area contributed by atoms with Gasteiger partial charge in [-0.2, -0.15) is 0 Å². The number of hydrogen-bond donors (Lipinski definition) is 2. The Hall–Kier alpha value is -3.80. The smallest absolute Gasteiger partial charge is 0.229 e. The third-order valence-electron chi connectivity index (χ3n) is 6.12. The Morgan fingerprint density at radius 3 is 2.51 bits per heavy atom. The summed E-state index contributed by atoms with van der Waals surface area (Å²) in [6, 6.07) is 24.7. The van der Waals surface area contributed by atoms with Gasteiger partial charge in [-0.15, -0.1) is 0 Å². The molecule has 2 atom stereocenters. The first-order valence-electron chi connectivity index (χ1n) is 11.5. The molecule has 11 heteroatoms. The van der Waals surface area contributed by atoms with E-state index in [-0.39, 0.29) is 12.1 Å². The van der Waals surface area contributed by atoms with Gasteiger partial charge in [-0.05, 0) is 72.9 Å². The topological polar surface area (TPSA) is 92.2 Å². The lowest BCUT2D eigenvalue weighted by Gasteiger charge is -2.28. The van der Waals surface area contributed by atoms with E-state index in [9.17, 15) is 8.42 Å². The SMILES string of the molecule is CS(=O)(=O)Nc1ccc(N2C(=S)N[C@@H](c3ccccn3)[C@H]2c2cccn2-c2nc3ccccc3s2)cc1. The molecule has 2 N–H and O–H groups in total. The zero-order valence-electron chi connectivity index (χ0n) is 19.6. The molecule has 8 nitrogen and oxygen atoms in total. The molecule has 4 heterocycles. The van der Waals surface area contributed by atoms with Gasteiger partial charge in [-0.25, -0.2) is 13.4 Å². The van der Waals surface area contributed by atoms with E-state index in [0.29, 0.717) is 10.8 Å². The highest BCUT2D eigenvalue weighted by molar-refractivity contribution is 7.92. The van der Waals surface area contributed by atoms with E-state index in [2.05, 4.69) is 36.6 Å². The Balaban J connectivity index is 1.46. The minimum atomic E-state index is -3.38. The van der Waals surface area contributed by atoms with Gasteiger partial charge in [-0.3, -0.25) is 14.3 Å². The monoisotopic (exact) mass is 546 g/mol. The van der Waals surface area contributed by atoms with Crippen molar-refractivity contribution in [3.63, 3.8) is 0 Å². The minimum absolute atomic E-state index is 0.217. The highest BCUT2D eigenvalue weighted by atomic mass is 32.2. The van der Waals surface area contributed by atoms with E-state index in [1.54, 1.807) is 29.7 Å². The normalized spacial score (nSPS) is 17.8. The maximum Gasteiger partial charge on any atom is 0.229 e. The molecule has 1 saturated heterocycles. The third kappa shape index (κ3) is 4.57. The van der Waals surface area contributed by atoms with Crippen LogP contribution in [0.3, 0.4) is 0 Å². The van der Waals surface area contributed by atoms with Crippen molar-refractivity contribution in [3.05, 3.63) is 103 Å². The van der Waals surface area contributed by atoms with E-state index in [4.69, 9.17) is 17.2 Å². The van der Waals surface area contributed by atoms with Gasteiger partial charge in [-0.1, -0.05) is 29.5 Å². The molecule has 1 fully saturated rings. The number of nitrogens with zero attached hydrogens (tertiary/aromatic N) is 4. The van der Waals surface area contributed by atoms with Crippen LogP contribution in [0.15, 0.2) is 91.3 Å². The predicted molar refractivity (Wildman–Crippen MR) is 152 cm³/mol. The summed E-state index contributed by atoms with van der Waals surface area (Å²) in [4.78, 5) is 11.6. The molecule has 0 spiro atoms. The molecular weight excluding hydrogens is 525 g/mol. The molecule has 3 aromatic heterocycles. The number of pyridine rings is 1. The number of thiazole rings is 1. The lowest BCUT2D eigenvalue weighted by molar-refractivity contribution is 0.549. The quantitative estimate of drug-likeness (QED) is 0.289. The molecule has 1 aliphatic heterocycles. The van der Waals surface area contributed by atoms with Gasteiger partial charge < -0.3 is 10.2 Å². The lowest BCUT2D eigenvalue weighted by atomic mass is 10.0. The summed E-state index contributed by atoms with van der Waals surface area (Å²) in [7, 11) is -3.38. The molecule has 2 aromatic carbocycles. The number of hydrogen-bond acceptors (Lipinski definition) is 6. The summed E-state index contributed by atoms with van der Waals surface area (Å²) in [5.74, 6) is 0. The van der Waals surface area contributed by atoms with Gasteiger partial charge in [0.25, 0.3) is 0 Å². The summed E-state index contributed by atoms with van der Waals surface area (Å²) < 4.78 is 29.1. The summed E-state index contributed by atoms with van der Waals surface area (Å²) in [6.07, 6.45) is 4.92. The van der Waals surface area contributed by atoms with Crippen molar-refractivity contribution < 1.29 is 8.42 Å². The molecule has 37 heavy (non-hydrogen) atoms. The van der Waals surface area contributed by atoms with Gasteiger partial charge >= 0.3 is 0 Å².